The van der Waals surface area contributed by atoms with Crippen LogP contribution in [0.15, 0.2) is 28.7 Å². The van der Waals surface area contributed by atoms with Gasteiger partial charge in [0, 0.05) is 23.5 Å². The Hall–Kier alpha value is -1.40. The molecule has 5 nitrogen and oxygen atoms in total. The van der Waals surface area contributed by atoms with Crippen molar-refractivity contribution < 1.29 is 9.59 Å². The molecule has 1 aromatic rings. The number of rotatable bonds is 4. The molecule has 130 valence electrons. The summed E-state index contributed by atoms with van der Waals surface area (Å²) in [7, 11) is 0. The number of carbonyl (C=O) groups excluding carboxylic acids is 2. The van der Waals surface area contributed by atoms with Crippen LogP contribution in [0.3, 0.4) is 0 Å². The van der Waals surface area contributed by atoms with Crippen LogP contribution in [-0.4, -0.2) is 30.9 Å². The highest BCUT2D eigenvalue weighted by molar-refractivity contribution is 9.10. The maximum absolute atomic E-state index is 12.6. The SMILES string of the molecule is NCC1CCCCC1NC(=O)C1CC(=O)N(c2ccccc2Br)C1. The van der Waals surface area contributed by atoms with E-state index >= 15 is 0 Å². The summed E-state index contributed by atoms with van der Waals surface area (Å²) >= 11 is 3.48. The number of para-hydroxylation sites is 1. The second-order valence-electron chi connectivity index (χ2n) is 6.75. The monoisotopic (exact) mass is 393 g/mol. The lowest BCUT2D eigenvalue weighted by molar-refractivity contribution is -0.127. The van der Waals surface area contributed by atoms with E-state index < -0.39 is 0 Å². The quantitative estimate of drug-likeness (QED) is 0.824. The van der Waals surface area contributed by atoms with Crippen molar-refractivity contribution in [2.45, 2.75) is 38.1 Å². The molecule has 1 aliphatic heterocycles. The summed E-state index contributed by atoms with van der Waals surface area (Å²) in [5.74, 6) is 0.0634. The van der Waals surface area contributed by atoms with Crippen LogP contribution in [0, 0.1) is 11.8 Å². The van der Waals surface area contributed by atoms with E-state index in [4.69, 9.17) is 5.73 Å². The zero-order chi connectivity index (χ0) is 17.1. The Morgan fingerprint density at radius 3 is 2.79 bits per heavy atom. The topological polar surface area (TPSA) is 75.4 Å². The first-order chi connectivity index (χ1) is 11.6. The zero-order valence-electron chi connectivity index (χ0n) is 13.7. The van der Waals surface area contributed by atoms with Crippen LogP contribution in [0.5, 0.6) is 0 Å². The molecule has 24 heavy (non-hydrogen) atoms. The molecule has 3 atom stereocenters. The van der Waals surface area contributed by atoms with Gasteiger partial charge in [-0.05, 0) is 53.4 Å². The van der Waals surface area contributed by atoms with Crippen LogP contribution in [0.25, 0.3) is 0 Å². The standard InChI is InChI=1S/C18H24BrN3O2/c19-14-6-2-4-8-16(14)22-11-13(9-17(22)23)18(24)21-15-7-3-1-5-12(15)10-20/h2,4,6,8,12-13,15H,1,3,5,7,9-11,20H2,(H,21,24). The molecule has 0 spiro atoms. The van der Waals surface area contributed by atoms with Crippen molar-refractivity contribution in [3.63, 3.8) is 0 Å². The first-order valence-corrected chi connectivity index (χ1v) is 9.44. The summed E-state index contributed by atoms with van der Waals surface area (Å²) in [5.41, 5.74) is 6.67. The van der Waals surface area contributed by atoms with E-state index in [2.05, 4.69) is 21.2 Å². The Labute approximate surface area is 151 Å². The Morgan fingerprint density at radius 1 is 1.29 bits per heavy atom. The number of carbonyl (C=O) groups is 2. The largest absolute Gasteiger partial charge is 0.353 e. The van der Waals surface area contributed by atoms with Crippen molar-refractivity contribution in [1.29, 1.82) is 0 Å². The van der Waals surface area contributed by atoms with Gasteiger partial charge in [0.25, 0.3) is 0 Å². The average molecular weight is 394 g/mol. The summed E-state index contributed by atoms with van der Waals surface area (Å²) in [6, 6.07) is 7.77. The number of nitrogens with two attached hydrogens (primary N) is 1. The second-order valence-corrected chi connectivity index (χ2v) is 7.61. The molecule has 1 heterocycles. The molecule has 3 rings (SSSR count). The lowest BCUT2D eigenvalue weighted by atomic mass is 9.84. The minimum absolute atomic E-state index is 0.000990. The van der Waals surface area contributed by atoms with Gasteiger partial charge in [-0.3, -0.25) is 9.59 Å². The first-order valence-electron chi connectivity index (χ1n) is 8.65. The van der Waals surface area contributed by atoms with Gasteiger partial charge in [-0.1, -0.05) is 25.0 Å². The molecule has 2 aliphatic rings. The third-order valence-electron chi connectivity index (χ3n) is 5.18. The highest BCUT2D eigenvalue weighted by atomic mass is 79.9. The van der Waals surface area contributed by atoms with Gasteiger partial charge in [-0.25, -0.2) is 0 Å². The molecule has 1 aromatic carbocycles. The minimum Gasteiger partial charge on any atom is -0.353 e. The van der Waals surface area contributed by atoms with E-state index in [0.29, 0.717) is 19.0 Å². The Bertz CT molecular complexity index is 622. The van der Waals surface area contributed by atoms with Crippen LogP contribution in [0.2, 0.25) is 0 Å². The van der Waals surface area contributed by atoms with Gasteiger partial charge in [-0.15, -0.1) is 0 Å². The lowest BCUT2D eigenvalue weighted by Gasteiger charge is -2.32. The van der Waals surface area contributed by atoms with Crippen LogP contribution in [0.4, 0.5) is 5.69 Å². The number of hydrogen-bond donors (Lipinski definition) is 2. The molecule has 6 heteroatoms. The van der Waals surface area contributed by atoms with Crippen molar-refractivity contribution in [3.8, 4) is 0 Å². The van der Waals surface area contributed by atoms with Crippen LogP contribution in [0.1, 0.15) is 32.1 Å². The van der Waals surface area contributed by atoms with E-state index in [-0.39, 0.29) is 30.2 Å². The number of benzene rings is 1. The van der Waals surface area contributed by atoms with E-state index in [1.165, 1.54) is 6.42 Å². The third-order valence-corrected chi connectivity index (χ3v) is 5.85. The van der Waals surface area contributed by atoms with Crippen LogP contribution >= 0.6 is 15.9 Å². The highest BCUT2D eigenvalue weighted by Gasteiger charge is 2.37. The number of nitrogens with one attached hydrogen (secondary N) is 1. The highest BCUT2D eigenvalue weighted by Crippen LogP contribution is 2.32. The normalized spacial score (nSPS) is 27.3. The number of amides is 2. The summed E-state index contributed by atoms with van der Waals surface area (Å²) < 4.78 is 0.870. The molecule has 1 aliphatic carbocycles. The minimum atomic E-state index is -0.287. The summed E-state index contributed by atoms with van der Waals surface area (Å²) in [6.07, 6.45) is 4.66. The van der Waals surface area contributed by atoms with Crippen molar-refractivity contribution >= 4 is 33.4 Å². The van der Waals surface area contributed by atoms with Crippen molar-refractivity contribution in [1.82, 2.24) is 5.32 Å². The van der Waals surface area contributed by atoms with Gasteiger partial charge >= 0.3 is 0 Å². The van der Waals surface area contributed by atoms with Gasteiger partial charge in [-0.2, -0.15) is 0 Å². The molecule has 0 aromatic heterocycles. The van der Waals surface area contributed by atoms with Gasteiger partial charge in [0.2, 0.25) is 11.8 Å². The van der Waals surface area contributed by atoms with Crippen LogP contribution < -0.4 is 16.0 Å². The number of anilines is 1. The average Bonchev–Trinajstić information content (AvgIpc) is 2.97. The molecule has 1 saturated carbocycles. The van der Waals surface area contributed by atoms with Gasteiger partial charge < -0.3 is 16.0 Å². The molecular formula is C18H24BrN3O2. The predicted molar refractivity (Wildman–Crippen MR) is 97.5 cm³/mol. The zero-order valence-corrected chi connectivity index (χ0v) is 15.3. The molecule has 0 bridgehead atoms. The number of halogens is 1. The summed E-state index contributed by atoms with van der Waals surface area (Å²) in [6.45, 7) is 1.05. The Kier molecular flexibility index (Phi) is 5.56. The fraction of sp³-hybridized carbons (Fsp3) is 0.556. The van der Waals surface area contributed by atoms with E-state index in [1.54, 1.807) is 4.90 Å². The number of nitrogens with zero attached hydrogens (tertiary/aromatic N) is 1. The van der Waals surface area contributed by atoms with Crippen molar-refractivity contribution in [2.75, 3.05) is 18.0 Å². The van der Waals surface area contributed by atoms with Gasteiger partial charge in [0.1, 0.15) is 0 Å². The predicted octanol–water partition coefficient (Wildman–Crippen LogP) is 2.44. The maximum atomic E-state index is 12.6. The third kappa shape index (κ3) is 3.64. The number of hydrogen-bond acceptors (Lipinski definition) is 3. The summed E-state index contributed by atoms with van der Waals surface area (Å²) in [4.78, 5) is 26.7. The lowest BCUT2D eigenvalue weighted by Crippen LogP contribution is -2.47. The molecule has 2 fully saturated rings. The molecule has 2 amide bonds. The Morgan fingerprint density at radius 2 is 2.04 bits per heavy atom. The Balaban J connectivity index is 1.65. The fourth-order valence-electron chi connectivity index (χ4n) is 3.77. The van der Waals surface area contributed by atoms with E-state index in [9.17, 15) is 9.59 Å². The van der Waals surface area contributed by atoms with Gasteiger partial charge in [0.15, 0.2) is 0 Å². The van der Waals surface area contributed by atoms with Crippen LogP contribution in [-0.2, 0) is 9.59 Å². The first kappa shape index (κ1) is 17.4. The van der Waals surface area contributed by atoms with E-state index in [1.807, 2.05) is 24.3 Å². The molecule has 1 saturated heterocycles. The fourth-order valence-corrected chi connectivity index (χ4v) is 4.27. The summed E-state index contributed by atoms with van der Waals surface area (Å²) in [5, 5.41) is 3.16. The van der Waals surface area contributed by atoms with Crippen molar-refractivity contribution in [3.05, 3.63) is 28.7 Å². The molecule has 3 N–H and O–H groups in total. The maximum Gasteiger partial charge on any atom is 0.227 e. The van der Waals surface area contributed by atoms with Gasteiger partial charge in [0.05, 0.1) is 11.6 Å². The second kappa shape index (κ2) is 7.66. The smallest absolute Gasteiger partial charge is 0.227 e. The molecular weight excluding hydrogens is 370 g/mol. The molecule has 0 radical (unpaired) electrons. The van der Waals surface area contributed by atoms with E-state index in [0.717, 1.165) is 29.4 Å². The molecule has 3 unspecified atom stereocenters. The van der Waals surface area contributed by atoms with Crippen molar-refractivity contribution in [2.24, 2.45) is 17.6 Å².